The Balaban J connectivity index is 1.83. The first-order chi connectivity index (χ1) is 13.3. The van der Waals surface area contributed by atoms with Gasteiger partial charge in [0.15, 0.2) is 5.78 Å². The number of anilines is 1. The van der Waals surface area contributed by atoms with E-state index in [4.69, 9.17) is 0 Å². The van der Waals surface area contributed by atoms with Crippen molar-refractivity contribution in [2.75, 3.05) is 11.9 Å². The fourth-order valence-electron chi connectivity index (χ4n) is 4.37. The lowest BCUT2D eigenvalue weighted by molar-refractivity contribution is 0.0981. The molecule has 1 aliphatic carbocycles. The summed E-state index contributed by atoms with van der Waals surface area (Å²) < 4.78 is 14.3. The van der Waals surface area contributed by atoms with E-state index in [2.05, 4.69) is 9.88 Å². The van der Waals surface area contributed by atoms with Crippen LogP contribution in [0.4, 0.5) is 10.1 Å². The first-order valence-electron chi connectivity index (χ1n) is 10.0. The highest BCUT2D eigenvalue weighted by molar-refractivity contribution is 5.99. The molecule has 0 bridgehead atoms. The quantitative estimate of drug-likeness (QED) is 0.739. The maximum atomic E-state index is 14.3. The van der Waals surface area contributed by atoms with Crippen LogP contribution in [-0.2, 0) is 6.42 Å². The summed E-state index contributed by atoms with van der Waals surface area (Å²) in [5.41, 5.74) is 4.18. The number of benzene rings is 1. The summed E-state index contributed by atoms with van der Waals surface area (Å²) in [5, 5.41) is 0. The van der Waals surface area contributed by atoms with Gasteiger partial charge < -0.3 is 9.88 Å². The van der Waals surface area contributed by atoms with Crippen molar-refractivity contribution in [1.82, 2.24) is 4.98 Å². The molecule has 150 valence electrons. The number of aromatic nitrogens is 1. The van der Waals surface area contributed by atoms with Gasteiger partial charge in [0.2, 0.25) is 0 Å². The predicted octanol–water partition coefficient (Wildman–Crippen LogP) is 4.63. The van der Waals surface area contributed by atoms with Gasteiger partial charge in [-0.15, -0.1) is 0 Å². The summed E-state index contributed by atoms with van der Waals surface area (Å²) in [6, 6.07) is 5.16. The number of rotatable bonds is 6. The van der Waals surface area contributed by atoms with Crippen LogP contribution in [0.5, 0.6) is 0 Å². The largest absolute Gasteiger partial charge is 0.371 e. The fourth-order valence-corrected chi connectivity index (χ4v) is 4.37. The molecule has 0 atom stereocenters. The number of H-pyrrole nitrogens is 1. The number of nitrogens with one attached hydrogen (secondary N) is 1. The van der Waals surface area contributed by atoms with E-state index in [9.17, 15) is 14.0 Å². The highest BCUT2D eigenvalue weighted by Gasteiger charge is 2.23. The first-order valence-corrected chi connectivity index (χ1v) is 10.0. The van der Waals surface area contributed by atoms with E-state index in [0.29, 0.717) is 23.6 Å². The number of aryl methyl sites for hydroxylation is 2. The van der Waals surface area contributed by atoms with Crippen LogP contribution in [0.15, 0.2) is 23.0 Å². The zero-order valence-electron chi connectivity index (χ0n) is 17.2. The molecule has 0 spiro atoms. The van der Waals surface area contributed by atoms with Crippen molar-refractivity contribution in [3.63, 3.8) is 0 Å². The Hall–Kier alpha value is -2.43. The van der Waals surface area contributed by atoms with Crippen LogP contribution in [0, 0.1) is 26.6 Å². The molecule has 0 amide bonds. The second-order valence-electron chi connectivity index (χ2n) is 8.01. The summed E-state index contributed by atoms with van der Waals surface area (Å²) in [5.74, 6) is -0.518. The van der Waals surface area contributed by atoms with E-state index in [1.807, 2.05) is 33.9 Å². The van der Waals surface area contributed by atoms with Gasteiger partial charge in [-0.2, -0.15) is 0 Å². The fraction of sp³-hybridized carbons (Fsp3) is 0.478. The molecule has 1 heterocycles. The summed E-state index contributed by atoms with van der Waals surface area (Å²) in [6.07, 6.45) is 5.13. The molecule has 2 aromatic rings. The molecule has 1 aliphatic rings. The zero-order valence-corrected chi connectivity index (χ0v) is 17.2. The van der Waals surface area contributed by atoms with Gasteiger partial charge in [-0.25, -0.2) is 4.39 Å². The molecule has 3 rings (SSSR count). The van der Waals surface area contributed by atoms with Crippen molar-refractivity contribution < 1.29 is 9.18 Å². The minimum Gasteiger partial charge on any atom is -0.371 e. The number of aromatic amines is 1. The Morgan fingerprint density at radius 2 is 1.86 bits per heavy atom. The highest BCUT2D eigenvalue weighted by Crippen LogP contribution is 2.31. The number of ketones is 1. The zero-order chi connectivity index (χ0) is 20.4. The summed E-state index contributed by atoms with van der Waals surface area (Å²) in [6.45, 7) is 5.60. The molecule has 0 saturated heterocycles. The molecule has 5 heteroatoms. The van der Waals surface area contributed by atoms with E-state index < -0.39 is 5.82 Å². The average molecular weight is 384 g/mol. The van der Waals surface area contributed by atoms with Crippen LogP contribution in [-0.4, -0.2) is 23.9 Å². The third-order valence-electron chi connectivity index (χ3n) is 5.99. The summed E-state index contributed by atoms with van der Waals surface area (Å²) in [7, 11) is 1.99. The number of nitrogens with zero attached hydrogens (tertiary/aromatic N) is 1. The topological polar surface area (TPSA) is 53.2 Å². The monoisotopic (exact) mass is 384 g/mol. The number of halogens is 1. The summed E-state index contributed by atoms with van der Waals surface area (Å²) >= 11 is 0. The minimum absolute atomic E-state index is 0.127. The van der Waals surface area contributed by atoms with Gasteiger partial charge in [0.1, 0.15) is 5.82 Å². The van der Waals surface area contributed by atoms with Crippen molar-refractivity contribution in [2.45, 2.75) is 65.3 Å². The molecule has 0 aliphatic heterocycles. The van der Waals surface area contributed by atoms with Gasteiger partial charge in [0, 0.05) is 42.0 Å². The molecule has 4 nitrogen and oxygen atoms in total. The third-order valence-corrected chi connectivity index (χ3v) is 5.99. The Kier molecular flexibility index (Phi) is 6.01. The predicted molar refractivity (Wildman–Crippen MR) is 111 cm³/mol. The van der Waals surface area contributed by atoms with E-state index in [0.717, 1.165) is 35.3 Å². The standard InChI is InChI=1S/C23H29FN2O2/c1-14-11-15(2)25-23(28)19(14)9-10-22(27)20-12-17(24)13-21(16(20)3)26(4)18-7-5-6-8-18/h11-13,18H,5-10H2,1-4H3,(H,25,28). The van der Waals surface area contributed by atoms with Gasteiger partial charge in [-0.05, 0) is 69.4 Å². The van der Waals surface area contributed by atoms with E-state index >= 15 is 0 Å². The van der Waals surface area contributed by atoms with E-state index in [1.54, 1.807) is 0 Å². The number of carbonyl (C=O) groups excluding carboxylic acids is 1. The van der Waals surface area contributed by atoms with Gasteiger partial charge in [0.05, 0.1) is 0 Å². The van der Waals surface area contributed by atoms with E-state index in [-0.39, 0.29) is 17.8 Å². The lowest BCUT2D eigenvalue weighted by Gasteiger charge is -2.29. The molecule has 28 heavy (non-hydrogen) atoms. The van der Waals surface area contributed by atoms with Crippen molar-refractivity contribution in [2.24, 2.45) is 0 Å². The average Bonchev–Trinajstić information content (AvgIpc) is 3.16. The molecule has 1 aromatic heterocycles. The number of carbonyl (C=O) groups is 1. The number of hydrogen-bond donors (Lipinski definition) is 1. The second kappa shape index (κ2) is 8.29. The Labute approximate surface area is 165 Å². The van der Waals surface area contributed by atoms with Crippen molar-refractivity contribution in [3.8, 4) is 0 Å². The third kappa shape index (κ3) is 4.18. The van der Waals surface area contributed by atoms with Crippen molar-refractivity contribution in [1.29, 1.82) is 0 Å². The Morgan fingerprint density at radius 3 is 2.50 bits per heavy atom. The van der Waals surface area contributed by atoms with Crippen molar-refractivity contribution >= 4 is 11.5 Å². The number of pyridine rings is 1. The molecule has 1 N–H and O–H groups in total. The summed E-state index contributed by atoms with van der Waals surface area (Å²) in [4.78, 5) is 30.0. The molecule has 1 aromatic carbocycles. The lowest BCUT2D eigenvalue weighted by atomic mass is 9.96. The van der Waals surface area contributed by atoms with Crippen molar-refractivity contribution in [3.05, 3.63) is 62.3 Å². The Morgan fingerprint density at radius 1 is 1.18 bits per heavy atom. The lowest BCUT2D eigenvalue weighted by Crippen LogP contribution is -2.30. The second-order valence-corrected chi connectivity index (χ2v) is 8.01. The molecule has 0 unspecified atom stereocenters. The van der Waals surface area contributed by atoms with Crippen LogP contribution in [0.2, 0.25) is 0 Å². The molecule has 0 radical (unpaired) electrons. The minimum atomic E-state index is -0.391. The molecule has 1 fully saturated rings. The highest BCUT2D eigenvalue weighted by atomic mass is 19.1. The van der Waals surface area contributed by atoms with Crippen LogP contribution < -0.4 is 10.5 Å². The van der Waals surface area contributed by atoms with E-state index in [1.165, 1.54) is 25.0 Å². The van der Waals surface area contributed by atoms with Crippen LogP contribution >= 0.6 is 0 Å². The van der Waals surface area contributed by atoms with Gasteiger partial charge in [0.25, 0.3) is 5.56 Å². The first kappa shape index (κ1) is 20.3. The van der Waals surface area contributed by atoms with Gasteiger partial charge in [-0.1, -0.05) is 12.8 Å². The van der Waals surface area contributed by atoms with Gasteiger partial charge >= 0.3 is 0 Å². The molecular weight excluding hydrogens is 355 g/mol. The van der Waals surface area contributed by atoms with Crippen LogP contribution in [0.1, 0.15) is 64.8 Å². The molecule has 1 saturated carbocycles. The maximum absolute atomic E-state index is 14.3. The number of hydrogen-bond acceptors (Lipinski definition) is 3. The van der Waals surface area contributed by atoms with Gasteiger partial charge in [-0.3, -0.25) is 9.59 Å². The normalized spacial score (nSPS) is 14.5. The van der Waals surface area contributed by atoms with Crippen LogP contribution in [0.25, 0.3) is 0 Å². The molecular formula is C23H29FN2O2. The van der Waals surface area contributed by atoms with Crippen LogP contribution in [0.3, 0.4) is 0 Å². The smallest absolute Gasteiger partial charge is 0.251 e. The maximum Gasteiger partial charge on any atom is 0.251 e. The SMILES string of the molecule is Cc1cc(C)c(CCC(=O)c2cc(F)cc(N(C)C3CCCC3)c2C)c(=O)[nH]1. The number of Topliss-reactive ketones (excluding diaryl/α,β-unsaturated/α-hetero) is 1. The Bertz CT molecular complexity index is 942.